The summed E-state index contributed by atoms with van der Waals surface area (Å²) in [6.45, 7) is 1.86. The molecule has 4 aromatic carbocycles. The van der Waals surface area contributed by atoms with Crippen molar-refractivity contribution in [2.24, 2.45) is 0 Å². The number of nitrogens with one attached hydrogen (secondary N) is 1. The molecule has 0 unspecified atom stereocenters. The molecule has 0 radical (unpaired) electrons. The lowest BCUT2D eigenvalue weighted by Crippen LogP contribution is -2.14. The number of methoxy groups -OCH3 is 1. The predicted octanol–water partition coefficient (Wildman–Crippen LogP) is 5.42. The number of aromatic nitrogens is 2. The van der Waals surface area contributed by atoms with Crippen molar-refractivity contribution in [3.8, 4) is 17.1 Å². The summed E-state index contributed by atoms with van der Waals surface area (Å²) in [5.74, 6) is 0.317. The molecule has 0 aliphatic carbocycles. The van der Waals surface area contributed by atoms with Crippen LogP contribution in [0.15, 0.2) is 95.9 Å². The molecule has 1 aromatic heterocycles. The van der Waals surface area contributed by atoms with Gasteiger partial charge in [-0.1, -0.05) is 12.1 Å². The largest absolute Gasteiger partial charge is 0.497 e. The Hall–Kier alpha value is -5.03. The SMILES string of the molecule is COc1ccc(S(=O)(=O)n2c(-c3ccc(NC(=O)c4ccc([N+](=O)[O-])cc4)cc3)nc3c(C)cccc32)cc1. The number of para-hydroxylation sites is 1. The van der Waals surface area contributed by atoms with Crippen LogP contribution in [-0.4, -0.2) is 35.3 Å². The van der Waals surface area contributed by atoms with Crippen LogP contribution >= 0.6 is 0 Å². The van der Waals surface area contributed by atoms with Crippen molar-refractivity contribution in [1.82, 2.24) is 8.96 Å². The lowest BCUT2D eigenvalue weighted by Gasteiger charge is -2.12. The van der Waals surface area contributed by atoms with Gasteiger partial charge in [0.2, 0.25) is 0 Å². The molecule has 0 aliphatic heterocycles. The Balaban J connectivity index is 1.51. The van der Waals surface area contributed by atoms with E-state index < -0.39 is 20.9 Å². The second-order valence-corrected chi connectivity index (χ2v) is 10.4. The second-order valence-electron chi connectivity index (χ2n) is 8.66. The molecule has 0 atom stereocenters. The number of ether oxygens (including phenoxy) is 1. The minimum atomic E-state index is -4.04. The van der Waals surface area contributed by atoms with E-state index in [1.54, 1.807) is 48.5 Å². The summed E-state index contributed by atoms with van der Waals surface area (Å²) in [6, 6.07) is 23.3. The number of aryl methyl sites for hydroxylation is 1. The first-order chi connectivity index (χ1) is 18.7. The van der Waals surface area contributed by atoms with Gasteiger partial charge >= 0.3 is 0 Å². The molecule has 11 heteroatoms. The van der Waals surface area contributed by atoms with Crippen molar-refractivity contribution in [1.29, 1.82) is 0 Å². The molecular weight excluding hydrogens is 520 g/mol. The van der Waals surface area contributed by atoms with Crippen LogP contribution in [0.1, 0.15) is 15.9 Å². The molecule has 10 nitrogen and oxygen atoms in total. The minimum absolute atomic E-state index is 0.0809. The molecule has 39 heavy (non-hydrogen) atoms. The summed E-state index contributed by atoms with van der Waals surface area (Å²) in [5.41, 5.74) is 2.95. The quantitative estimate of drug-likeness (QED) is 0.214. The van der Waals surface area contributed by atoms with Gasteiger partial charge in [0.15, 0.2) is 5.82 Å². The Labute approximate surface area is 223 Å². The number of hydrogen-bond acceptors (Lipinski definition) is 7. The van der Waals surface area contributed by atoms with Crippen LogP contribution in [0.25, 0.3) is 22.4 Å². The van der Waals surface area contributed by atoms with Gasteiger partial charge in [0, 0.05) is 28.9 Å². The first-order valence-corrected chi connectivity index (χ1v) is 13.2. The van der Waals surface area contributed by atoms with Crippen LogP contribution in [-0.2, 0) is 10.0 Å². The number of fused-ring (bicyclic) bond motifs is 1. The van der Waals surface area contributed by atoms with E-state index in [0.29, 0.717) is 28.0 Å². The van der Waals surface area contributed by atoms with Crippen LogP contribution in [0.2, 0.25) is 0 Å². The van der Waals surface area contributed by atoms with E-state index >= 15 is 0 Å². The minimum Gasteiger partial charge on any atom is -0.497 e. The highest BCUT2D eigenvalue weighted by Gasteiger charge is 2.26. The van der Waals surface area contributed by atoms with Gasteiger partial charge in [0.1, 0.15) is 5.75 Å². The fraction of sp³-hybridized carbons (Fsp3) is 0.0714. The van der Waals surface area contributed by atoms with Crippen molar-refractivity contribution in [2.75, 3.05) is 12.4 Å². The van der Waals surface area contributed by atoms with Crippen LogP contribution in [0.3, 0.4) is 0 Å². The van der Waals surface area contributed by atoms with Crippen LogP contribution in [0, 0.1) is 17.0 Å². The molecule has 0 aliphatic rings. The summed E-state index contributed by atoms with van der Waals surface area (Å²) < 4.78 is 34.1. The highest BCUT2D eigenvalue weighted by molar-refractivity contribution is 7.90. The molecule has 0 saturated heterocycles. The number of benzene rings is 4. The first-order valence-electron chi connectivity index (χ1n) is 11.7. The van der Waals surface area contributed by atoms with E-state index in [1.807, 2.05) is 13.0 Å². The molecule has 0 bridgehead atoms. The first kappa shape index (κ1) is 25.6. The number of amides is 1. The van der Waals surface area contributed by atoms with Crippen molar-refractivity contribution in [3.63, 3.8) is 0 Å². The number of imidazole rings is 1. The van der Waals surface area contributed by atoms with Crippen LogP contribution < -0.4 is 10.1 Å². The summed E-state index contributed by atoms with van der Waals surface area (Å²) in [5, 5.41) is 13.6. The summed E-state index contributed by atoms with van der Waals surface area (Å²) in [4.78, 5) is 27.7. The average Bonchev–Trinajstić information content (AvgIpc) is 3.35. The standard InChI is InChI=1S/C28H22N4O6S/c1-18-4-3-5-25-26(18)30-27(31(25)39(36,37)24-16-14-23(38-2)15-17-24)19-6-10-21(11-7-19)29-28(33)20-8-12-22(13-9-20)32(34)35/h3-17H,1-2H3,(H,29,33). The summed E-state index contributed by atoms with van der Waals surface area (Å²) >= 11 is 0. The van der Waals surface area contributed by atoms with Gasteiger partial charge in [-0.25, -0.2) is 17.4 Å². The Morgan fingerprint density at radius 3 is 2.23 bits per heavy atom. The number of nitro groups is 1. The molecule has 1 N–H and O–H groups in total. The topological polar surface area (TPSA) is 133 Å². The molecule has 5 rings (SSSR count). The average molecular weight is 543 g/mol. The third-order valence-corrected chi connectivity index (χ3v) is 7.90. The van der Waals surface area contributed by atoms with Crippen LogP contribution in [0.5, 0.6) is 5.75 Å². The molecule has 5 aromatic rings. The van der Waals surface area contributed by atoms with E-state index in [4.69, 9.17) is 4.74 Å². The maximum atomic E-state index is 13.8. The number of carbonyl (C=O) groups excluding carboxylic acids is 1. The Morgan fingerprint density at radius 1 is 0.949 bits per heavy atom. The van der Waals surface area contributed by atoms with Gasteiger partial charge in [-0.2, -0.15) is 0 Å². The van der Waals surface area contributed by atoms with Gasteiger partial charge in [-0.3, -0.25) is 14.9 Å². The zero-order valence-electron chi connectivity index (χ0n) is 20.9. The molecule has 1 heterocycles. The van der Waals surface area contributed by atoms with E-state index in [0.717, 1.165) is 5.56 Å². The Kier molecular flexibility index (Phi) is 6.59. The lowest BCUT2D eigenvalue weighted by atomic mass is 10.1. The van der Waals surface area contributed by atoms with Gasteiger partial charge in [-0.05, 0) is 79.2 Å². The number of carbonyl (C=O) groups is 1. The van der Waals surface area contributed by atoms with Gasteiger partial charge in [0.05, 0.1) is 28.0 Å². The van der Waals surface area contributed by atoms with Crippen molar-refractivity contribution >= 4 is 38.3 Å². The number of rotatable bonds is 7. The fourth-order valence-electron chi connectivity index (χ4n) is 4.14. The van der Waals surface area contributed by atoms with E-state index in [2.05, 4.69) is 10.3 Å². The number of nitrogens with zero attached hydrogens (tertiary/aromatic N) is 3. The van der Waals surface area contributed by atoms with Gasteiger partial charge < -0.3 is 10.1 Å². The van der Waals surface area contributed by atoms with Gasteiger partial charge in [0.25, 0.3) is 21.6 Å². The molecule has 0 fully saturated rings. The van der Waals surface area contributed by atoms with Crippen molar-refractivity contribution in [2.45, 2.75) is 11.8 Å². The normalized spacial score (nSPS) is 11.3. The highest BCUT2D eigenvalue weighted by Crippen LogP contribution is 2.32. The molecule has 196 valence electrons. The lowest BCUT2D eigenvalue weighted by molar-refractivity contribution is -0.384. The third-order valence-electron chi connectivity index (χ3n) is 6.18. The van der Waals surface area contributed by atoms with Gasteiger partial charge in [-0.15, -0.1) is 0 Å². The van der Waals surface area contributed by atoms with Crippen molar-refractivity contribution in [3.05, 3.63) is 112 Å². The Morgan fingerprint density at radius 2 is 1.62 bits per heavy atom. The Bertz CT molecular complexity index is 1810. The highest BCUT2D eigenvalue weighted by atomic mass is 32.2. The number of anilines is 1. The van der Waals surface area contributed by atoms with Crippen molar-refractivity contribution < 1.29 is 22.9 Å². The van der Waals surface area contributed by atoms with E-state index in [9.17, 15) is 23.3 Å². The maximum absolute atomic E-state index is 13.8. The zero-order chi connectivity index (χ0) is 27.7. The smallest absolute Gasteiger partial charge is 0.269 e. The molecule has 1 amide bonds. The number of non-ortho nitro benzene ring substituents is 1. The number of nitro benzene ring substituents is 1. The van der Waals surface area contributed by atoms with Crippen LogP contribution in [0.4, 0.5) is 11.4 Å². The molecule has 0 saturated carbocycles. The molecular formula is C28H22N4O6S. The number of hydrogen-bond donors (Lipinski definition) is 1. The third kappa shape index (κ3) is 4.82. The second kappa shape index (κ2) is 10.0. The monoisotopic (exact) mass is 542 g/mol. The maximum Gasteiger partial charge on any atom is 0.269 e. The van der Waals surface area contributed by atoms with E-state index in [1.165, 1.54) is 47.5 Å². The summed E-state index contributed by atoms with van der Waals surface area (Å²) in [7, 11) is -2.53. The molecule has 0 spiro atoms. The predicted molar refractivity (Wildman–Crippen MR) is 147 cm³/mol. The van der Waals surface area contributed by atoms with E-state index in [-0.39, 0.29) is 22.0 Å². The zero-order valence-corrected chi connectivity index (χ0v) is 21.7. The fourth-order valence-corrected chi connectivity index (χ4v) is 5.61. The summed E-state index contributed by atoms with van der Waals surface area (Å²) in [6.07, 6.45) is 0.